The summed E-state index contributed by atoms with van der Waals surface area (Å²) in [5.41, 5.74) is 1.82. The second-order valence-corrected chi connectivity index (χ2v) is 3.52. The average Bonchev–Trinajstić information content (AvgIpc) is 2.72. The normalized spacial score (nSPS) is 12.6. The fourth-order valence-electron chi connectivity index (χ4n) is 1.67. The monoisotopic (exact) mass is 220 g/mol. The quantitative estimate of drug-likeness (QED) is 0.657. The Balaban J connectivity index is 2.24. The van der Waals surface area contributed by atoms with Gasteiger partial charge in [-0.3, -0.25) is 0 Å². The summed E-state index contributed by atoms with van der Waals surface area (Å²) in [7, 11) is 0. The molecule has 5 nitrogen and oxygen atoms in total. The van der Waals surface area contributed by atoms with Crippen LogP contribution in [0.15, 0.2) is 30.5 Å². The van der Waals surface area contributed by atoms with Gasteiger partial charge in [-0.25, -0.2) is 4.79 Å². The maximum Gasteiger partial charge on any atom is 0.353 e. The van der Waals surface area contributed by atoms with Crippen molar-refractivity contribution in [3.8, 4) is 0 Å². The Morgan fingerprint density at radius 2 is 2.25 bits per heavy atom. The van der Waals surface area contributed by atoms with E-state index in [1.807, 2.05) is 24.3 Å². The lowest BCUT2D eigenvalue weighted by Crippen LogP contribution is -2.27. The number of hydrogen-bond donors (Lipinski definition) is 3. The van der Waals surface area contributed by atoms with E-state index in [1.165, 1.54) is 0 Å². The second kappa shape index (κ2) is 4.34. The standard InChI is InChI=1S/C11H12N2O3/c12-16-11(15)10(14)5-7-6-13-9-4-2-1-3-8(7)9/h1-4,6,10,13-14H,5,12H2. The molecule has 1 unspecified atom stereocenters. The molecule has 16 heavy (non-hydrogen) atoms. The summed E-state index contributed by atoms with van der Waals surface area (Å²) in [6.45, 7) is 0. The van der Waals surface area contributed by atoms with Gasteiger partial charge in [0.25, 0.3) is 0 Å². The summed E-state index contributed by atoms with van der Waals surface area (Å²) in [5, 5.41) is 10.5. The lowest BCUT2D eigenvalue weighted by atomic mass is 10.1. The minimum atomic E-state index is -1.23. The largest absolute Gasteiger partial charge is 0.381 e. The lowest BCUT2D eigenvalue weighted by Gasteiger charge is -2.06. The number of benzene rings is 1. The molecule has 1 heterocycles. The number of carbonyl (C=O) groups excluding carboxylic acids is 1. The first-order valence-electron chi connectivity index (χ1n) is 4.86. The van der Waals surface area contributed by atoms with Gasteiger partial charge in [-0.15, -0.1) is 0 Å². The first-order valence-corrected chi connectivity index (χ1v) is 4.86. The molecule has 0 amide bonds. The van der Waals surface area contributed by atoms with Crippen LogP contribution in [0.25, 0.3) is 10.9 Å². The maximum absolute atomic E-state index is 11.0. The first kappa shape index (κ1) is 10.7. The van der Waals surface area contributed by atoms with Gasteiger partial charge in [-0.05, 0) is 11.6 Å². The van der Waals surface area contributed by atoms with Crippen molar-refractivity contribution in [2.75, 3.05) is 0 Å². The number of H-pyrrole nitrogens is 1. The molecule has 4 N–H and O–H groups in total. The molecule has 84 valence electrons. The molecule has 0 fully saturated rings. The molecule has 0 aliphatic rings. The predicted molar refractivity (Wildman–Crippen MR) is 58.3 cm³/mol. The summed E-state index contributed by atoms with van der Waals surface area (Å²) in [4.78, 5) is 18.0. The zero-order chi connectivity index (χ0) is 11.5. The van der Waals surface area contributed by atoms with Crippen molar-refractivity contribution >= 4 is 16.9 Å². The molecule has 0 saturated heterocycles. The van der Waals surface area contributed by atoms with E-state index in [-0.39, 0.29) is 6.42 Å². The fourth-order valence-corrected chi connectivity index (χ4v) is 1.67. The average molecular weight is 220 g/mol. The molecule has 2 rings (SSSR count). The molecule has 1 aromatic carbocycles. The summed E-state index contributed by atoms with van der Waals surface area (Å²) in [6, 6.07) is 7.65. The predicted octanol–water partition coefficient (Wildman–Crippen LogP) is 0.488. The zero-order valence-electron chi connectivity index (χ0n) is 8.51. The van der Waals surface area contributed by atoms with Gasteiger partial charge in [-0.2, -0.15) is 5.90 Å². The Bertz CT molecular complexity index is 507. The second-order valence-electron chi connectivity index (χ2n) is 3.52. The zero-order valence-corrected chi connectivity index (χ0v) is 8.51. The minimum Gasteiger partial charge on any atom is -0.381 e. The molecule has 0 radical (unpaired) electrons. The van der Waals surface area contributed by atoms with Gasteiger partial charge < -0.3 is 14.9 Å². The number of aromatic amines is 1. The number of aliphatic hydroxyl groups is 1. The number of aromatic nitrogens is 1. The van der Waals surface area contributed by atoms with Gasteiger partial charge in [0, 0.05) is 23.5 Å². The van der Waals surface area contributed by atoms with Crippen LogP contribution in [0, 0.1) is 0 Å². The van der Waals surface area contributed by atoms with Crippen LogP contribution in [-0.4, -0.2) is 22.2 Å². The topological polar surface area (TPSA) is 88.3 Å². The SMILES string of the molecule is NOC(=O)C(O)Cc1c[nH]c2ccccc12. The van der Waals surface area contributed by atoms with Crippen molar-refractivity contribution < 1.29 is 14.7 Å². The van der Waals surface area contributed by atoms with Crippen LogP contribution in [0.3, 0.4) is 0 Å². The Hall–Kier alpha value is -1.85. The molecule has 1 aromatic heterocycles. The molecule has 1 atom stereocenters. The summed E-state index contributed by atoms with van der Waals surface area (Å²) in [5.74, 6) is 3.87. The van der Waals surface area contributed by atoms with E-state index in [0.717, 1.165) is 16.5 Å². The number of aliphatic hydroxyl groups excluding tert-OH is 1. The molecule has 0 spiro atoms. The van der Waals surface area contributed by atoms with Gasteiger partial charge in [0.2, 0.25) is 0 Å². The van der Waals surface area contributed by atoms with Crippen molar-refractivity contribution in [2.24, 2.45) is 5.90 Å². The van der Waals surface area contributed by atoms with Gasteiger partial charge in [0.05, 0.1) is 0 Å². The van der Waals surface area contributed by atoms with E-state index in [0.29, 0.717) is 0 Å². The Kier molecular flexibility index (Phi) is 2.89. The molecule has 0 aliphatic carbocycles. The highest BCUT2D eigenvalue weighted by molar-refractivity contribution is 5.84. The van der Waals surface area contributed by atoms with Gasteiger partial charge in [0.1, 0.15) is 0 Å². The van der Waals surface area contributed by atoms with Crippen molar-refractivity contribution in [1.29, 1.82) is 0 Å². The van der Waals surface area contributed by atoms with Crippen LogP contribution < -0.4 is 5.90 Å². The van der Waals surface area contributed by atoms with E-state index < -0.39 is 12.1 Å². The summed E-state index contributed by atoms with van der Waals surface area (Å²) in [6.07, 6.45) is 0.710. The highest BCUT2D eigenvalue weighted by Crippen LogP contribution is 2.19. The van der Waals surface area contributed by atoms with E-state index >= 15 is 0 Å². The van der Waals surface area contributed by atoms with Gasteiger partial charge >= 0.3 is 5.97 Å². The summed E-state index contributed by atoms with van der Waals surface area (Å²) >= 11 is 0. The van der Waals surface area contributed by atoms with Crippen LogP contribution in [0.5, 0.6) is 0 Å². The Morgan fingerprint density at radius 1 is 1.50 bits per heavy atom. The third-order valence-corrected chi connectivity index (χ3v) is 2.48. The Morgan fingerprint density at radius 3 is 3.00 bits per heavy atom. The highest BCUT2D eigenvalue weighted by Gasteiger charge is 2.18. The van der Waals surface area contributed by atoms with Crippen LogP contribution in [0.1, 0.15) is 5.56 Å². The molecule has 0 bridgehead atoms. The van der Waals surface area contributed by atoms with Gasteiger partial charge in [-0.1, -0.05) is 18.2 Å². The number of fused-ring (bicyclic) bond motifs is 1. The van der Waals surface area contributed by atoms with Crippen molar-refractivity contribution in [3.63, 3.8) is 0 Å². The van der Waals surface area contributed by atoms with Crippen LogP contribution in [0.2, 0.25) is 0 Å². The van der Waals surface area contributed by atoms with Crippen LogP contribution in [-0.2, 0) is 16.1 Å². The number of para-hydroxylation sites is 1. The van der Waals surface area contributed by atoms with E-state index in [1.54, 1.807) is 6.20 Å². The number of rotatable bonds is 3. The van der Waals surface area contributed by atoms with E-state index in [4.69, 9.17) is 5.90 Å². The maximum atomic E-state index is 11.0. The van der Waals surface area contributed by atoms with E-state index in [2.05, 4.69) is 9.82 Å². The van der Waals surface area contributed by atoms with E-state index in [9.17, 15) is 9.90 Å². The first-order chi connectivity index (χ1) is 7.72. The van der Waals surface area contributed by atoms with Crippen molar-refractivity contribution in [2.45, 2.75) is 12.5 Å². The molecule has 5 heteroatoms. The molecular formula is C11H12N2O3. The third-order valence-electron chi connectivity index (χ3n) is 2.48. The molecular weight excluding hydrogens is 208 g/mol. The Labute approximate surface area is 91.8 Å². The van der Waals surface area contributed by atoms with Crippen molar-refractivity contribution in [1.82, 2.24) is 4.98 Å². The van der Waals surface area contributed by atoms with Crippen LogP contribution >= 0.6 is 0 Å². The molecule has 0 saturated carbocycles. The molecule has 2 aromatic rings. The minimum absolute atomic E-state index is 0.181. The lowest BCUT2D eigenvalue weighted by molar-refractivity contribution is -0.154. The number of nitrogens with one attached hydrogen (secondary N) is 1. The number of nitrogens with two attached hydrogens (primary N) is 1. The van der Waals surface area contributed by atoms with Crippen molar-refractivity contribution in [3.05, 3.63) is 36.0 Å². The highest BCUT2D eigenvalue weighted by atomic mass is 16.7. The van der Waals surface area contributed by atoms with Crippen LogP contribution in [0.4, 0.5) is 0 Å². The molecule has 0 aliphatic heterocycles. The van der Waals surface area contributed by atoms with Gasteiger partial charge in [0.15, 0.2) is 6.10 Å². The third kappa shape index (κ3) is 1.91. The number of hydrogen-bond acceptors (Lipinski definition) is 4. The fraction of sp³-hybridized carbons (Fsp3) is 0.182. The summed E-state index contributed by atoms with van der Waals surface area (Å²) < 4.78 is 0. The number of carbonyl (C=O) groups is 1. The smallest absolute Gasteiger partial charge is 0.353 e.